The average Bonchev–Trinajstić information content (AvgIpc) is 2.89. The number of hydrogen-bond donors (Lipinski definition) is 1. The zero-order valence-corrected chi connectivity index (χ0v) is 13.3. The summed E-state index contributed by atoms with van der Waals surface area (Å²) in [6, 6.07) is 7.34. The molecule has 0 saturated carbocycles. The van der Waals surface area contributed by atoms with Crippen molar-refractivity contribution in [2.24, 2.45) is 5.92 Å². The molecule has 2 atom stereocenters. The van der Waals surface area contributed by atoms with E-state index in [9.17, 15) is 9.59 Å². The molecule has 1 aromatic rings. The molecule has 0 aromatic heterocycles. The van der Waals surface area contributed by atoms with E-state index in [2.05, 4.69) is 5.32 Å². The van der Waals surface area contributed by atoms with Gasteiger partial charge in [0.15, 0.2) is 0 Å². The first-order valence-electron chi connectivity index (χ1n) is 7.66. The Balaban J connectivity index is 1.74. The van der Waals surface area contributed by atoms with Crippen LogP contribution >= 0.6 is 11.6 Å². The van der Waals surface area contributed by atoms with Crippen LogP contribution in [0.15, 0.2) is 24.3 Å². The monoisotopic (exact) mass is 321 g/mol. The Labute approximate surface area is 135 Å². The van der Waals surface area contributed by atoms with Crippen molar-refractivity contribution in [1.82, 2.24) is 10.2 Å². The van der Waals surface area contributed by atoms with Crippen molar-refractivity contribution in [2.45, 2.75) is 19.4 Å². The summed E-state index contributed by atoms with van der Waals surface area (Å²) in [6.45, 7) is 4.81. The number of piperazine rings is 1. The van der Waals surface area contributed by atoms with Crippen LogP contribution in [-0.4, -0.2) is 48.9 Å². The van der Waals surface area contributed by atoms with Crippen molar-refractivity contribution in [2.75, 3.05) is 31.1 Å². The first-order valence-corrected chi connectivity index (χ1v) is 8.04. The van der Waals surface area contributed by atoms with Gasteiger partial charge in [-0.3, -0.25) is 9.59 Å². The number of anilines is 1. The molecule has 2 aliphatic heterocycles. The highest BCUT2D eigenvalue weighted by Crippen LogP contribution is 2.28. The Morgan fingerprint density at radius 2 is 2.18 bits per heavy atom. The first kappa shape index (κ1) is 15.3. The predicted molar refractivity (Wildman–Crippen MR) is 86.0 cm³/mol. The van der Waals surface area contributed by atoms with Crippen LogP contribution in [0.3, 0.4) is 0 Å². The summed E-state index contributed by atoms with van der Waals surface area (Å²) in [5, 5.41) is 3.85. The first-order chi connectivity index (χ1) is 10.6. The van der Waals surface area contributed by atoms with E-state index in [1.54, 1.807) is 17.0 Å². The predicted octanol–water partition coefficient (Wildman–Crippen LogP) is 1.51. The quantitative estimate of drug-likeness (QED) is 0.840. The van der Waals surface area contributed by atoms with E-state index in [0.717, 1.165) is 18.8 Å². The molecule has 2 aliphatic rings. The van der Waals surface area contributed by atoms with Gasteiger partial charge in [0.25, 0.3) is 0 Å². The van der Waals surface area contributed by atoms with Crippen LogP contribution in [0.1, 0.15) is 13.3 Å². The van der Waals surface area contributed by atoms with Gasteiger partial charge in [-0.15, -0.1) is 0 Å². The number of carbonyl (C=O) groups is 2. The minimum atomic E-state index is -0.556. The maximum atomic E-state index is 12.7. The fraction of sp³-hybridized carbons (Fsp3) is 0.500. The standard InChI is InChI=1S/C16H20ClN3O2/c1-11-10-18-6-8-19(11)15(21)14-5-7-20(16(14)22)13-4-2-3-12(17)9-13/h2-4,9,11,14,18H,5-8,10H2,1H3/t11-,14?/m0/s1. The molecule has 22 heavy (non-hydrogen) atoms. The molecule has 1 aromatic carbocycles. The van der Waals surface area contributed by atoms with Crippen LogP contribution in [0, 0.1) is 5.92 Å². The minimum Gasteiger partial charge on any atom is -0.337 e. The van der Waals surface area contributed by atoms with E-state index in [1.165, 1.54) is 0 Å². The van der Waals surface area contributed by atoms with Crippen LogP contribution < -0.4 is 10.2 Å². The Morgan fingerprint density at radius 3 is 2.91 bits per heavy atom. The number of carbonyl (C=O) groups excluding carboxylic acids is 2. The lowest BCUT2D eigenvalue weighted by molar-refractivity contribution is -0.142. The lowest BCUT2D eigenvalue weighted by Gasteiger charge is -2.35. The van der Waals surface area contributed by atoms with Crippen molar-refractivity contribution in [3.05, 3.63) is 29.3 Å². The van der Waals surface area contributed by atoms with E-state index >= 15 is 0 Å². The molecular weight excluding hydrogens is 302 g/mol. The third-order valence-corrected chi connectivity index (χ3v) is 4.64. The fourth-order valence-corrected chi connectivity index (χ4v) is 3.36. The maximum Gasteiger partial charge on any atom is 0.239 e. The summed E-state index contributed by atoms with van der Waals surface area (Å²) in [4.78, 5) is 28.8. The van der Waals surface area contributed by atoms with Gasteiger partial charge in [-0.1, -0.05) is 17.7 Å². The number of nitrogens with zero attached hydrogens (tertiary/aromatic N) is 2. The Morgan fingerprint density at radius 1 is 1.36 bits per heavy atom. The summed E-state index contributed by atoms with van der Waals surface area (Å²) in [6.07, 6.45) is 0.570. The smallest absolute Gasteiger partial charge is 0.239 e. The molecule has 118 valence electrons. The summed E-state index contributed by atoms with van der Waals surface area (Å²) in [5.41, 5.74) is 0.765. The third kappa shape index (κ3) is 2.83. The normalized spacial score (nSPS) is 25.6. The topological polar surface area (TPSA) is 52.7 Å². The van der Waals surface area contributed by atoms with E-state index < -0.39 is 5.92 Å². The van der Waals surface area contributed by atoms with Gasteiger partial charge in [-0.05, 0) is 31.5 Å². The van der Waals surface area contributed by atoms with Gasteiger partial charge in [0.1, 0.15) is 5.92 Å². The van der Waals surface area contributed by atoms with Crippen molar-refractivity contribution in [3.8, 4) is 0 Å². The van der Waals surface area contributed by atoms with Gasteiger partial charge in [0.2, 0.25) is 11.8 Å². The second kappa shape index (κ2) is 6.26. The zero-order valence-electron chi connectivity index (χ0n) is 12.6. The maximum absolute atomic E-state index is 12.7. The second-order valence-electron chi connectivity index (χ2n) is 5.90. The summed E-state index contributed by atoms with van der Waals surface area (Å²) < 4.78 is 0. The SMILES string of the molecule is C[C@H]1CNCCN1C(=O)C1CCN(c2cccc(Cl)c2)C1=O. The van der Waals surface area contributed by atoms with Crippen molar-refractivity contribution < 1.29 is 9.59 Å². The van der Waals surface area contributed by atoms with Gasteiger partial charge < -0.3 is 15.1 Å². The van der Waals surface area contributed by atoms with E-state index in [1.807, 2.05) is 24.0 Å². The molecule has 0 spiro atoms. The molecule has 1 unspecified atom stereocenters. The number of hydrogen-bond acceptors (Lipinski definition) is 3. The van der Waals surface area contributed by atoms with Gasteiger partial charge in [-0.25, -0.2) is 0 Å². The molecule has 5 nitrogen and oxygen atoms in total. The third-order valence-electron chi connectivity index (χ3n) is 4.41. The van der Waals surface area contributed by atoms with Gasteiger partial charge in [0.05, 0.1) is 0 Å². The van der Waals surface area contributed by atoms with Gasteiger partial charge in [0, 0.05) is 42.9 Å². The summed E-state index contributed by atoms with van der Waals surface area (Å²) >= 11 is 5.99. The number of benzene rings is 1. The number of rotatable bonds is 2. The van der Waals surface area contributed by atoms with Crippen molar-refractivity contribution in [3.63, 3.8) is 0 Å². The number of halogens is 1. The minimum absolute atomic E-state index is 0.0384. The lowest BCUT2D eigenvalue weighted by atomic mass is 10.0. The molecule has 2 amide bonds. The lowest BCUT2D eigenvalue weighted by Crippen LogP contribution is -2.54. The molecule has 0 aliphatic carbocycles. The van der Waals surface area contributed by atoms with E-state index in [-0.39, 0.29) is 17.9 Å². The molecule has 6 heteroatoms. The summed E-state index contributed by atoms with van der Waals surface area (Å²) in [7, 11) is 0. The Bertz CT molecular complexity index is 593. The van der Waals surface area contributed by atoms with Gasteiger partial charge >= 0.3 is 0 Å². The highest BCUT2D eigenvalue weighted by molar-refractivity contribution is 6.31. The largest absolute Gasteiger partial charge is 0.337 e. The van der Waals surface area contributed by atoms with E-state index in [0.29, 0.717) is 24.5 Å². The molecule has 2 fully saturated rings. The zero-order chi connectivity index (χ0) is 15.7. The molecular formula is C16H20ClN3O2. The van der Waals surface area contributed by atoms with E-state index in [4.69, 9.17) is 11.6 Å². The number of nitrogens with one attached hydrogen (secondary N) is 1. The van der Waals surface area contributed by atoms with Crippen LogP contribution in [-0.2, 0) is 9.59 Å². The Kier molecular flexibility index (Phi) is 4.36. The highest BCUT2D eigenvalue weighted by Gasteiger charge is 2.41. The molecule has 0 bridgehead atoms. The average molecular weight is 322 g/mol. The molecule has 1 N–H and O–H groups in total. The van der Waals surface area contributed by atoms with Crippen LogP contribution in [0.2, 0.25) is 5.02 Å². The summed E-state index contributed by atoms with van der Waals surface area (Å²) in [5.74, 6) is -0.707. The number of amides is 2. The second-order valence-corrected chi connectivity index (χ2v) is 6.33. The molecule has 2 heterocycles. The molecule has 0 radical (unpaired) electrons. The highest BCUT2D eigenvalue weighted by atomic mass is 35.5. The molecule has 2 saturated heterocycles. The molecule has 3 rings (SSSR count). The fourth-order valence-electron chi connectivity index (χ4n) is 3.18. The van der Waals surface area contributed by atoms with Crippen LogP contribution in [0.5, 0.6) is 0 Å². The Hall–Kier alpha value is -1.59. The van der Waals surface area contributed by atoms with Crippen LogP contribution in [0.4, 0.5) is 5.69 Å². The van der Waals surface area contributed by atoms with Crippen LogP contribution in [0.25, 0.3) is 0 Å². The van der Waals surface area contributed by atoms with Crippen molar-refractivity contribution >= 4 is 29.1 Å². The van der Waals surface area contributed by atoms with Gasteiger partial charge in [-0.2, -0.15) is 0 Å². The van der Waals surface area contributed by atoms with Crippen molar-refractivity contribution in [1.29, 1.82) is 0 Å².